The van der Waals surface area contributed by atoms with Gasteiger partial charge >= 0.3 is 0 Å². The highest BCUT2D eigenvalue weighted by Gasteiger charge is 2.08. The van der Waals surface area contributed by atoms with Gasteiger partial charge in [-0.25, -0.2) is 0 Å². The molecule has 0 heterocycles. The Hall–Kier alpha value is -1.46. The smallest absolute Gasteiger partial charge is 0.0478 e. The van der Waals surface area contributed by atoms with Crippen molar-refractivity contribution in [3.63, 3.8) is 0 Å². The van der Waals surface area contributed by atoms with Crippen molar-refractivity contribution in [1.82, 2.24) is 0 Å². The molecule has 2 aromatic rings. The van der Waals surface area contributed by atoms with Crippen molar-refractivity contribution >= 4 is 40.6 Å². The van der Waals surface area contributed by atoms with Crippen molar-refractivity contribution in [2.45, 2.75) is 18.7 Å². The summed E-state index contributed by atoms with van der Waals surface area (Å²) in [4.78, 5) is 5.97. The Bertz CT molecular complexity index is 659. The van der Waals surface area contributed by atoms with Gasteiger partial charge in [-0.2, -0.15) is 11.8 Å². The van der Waals surface area contributed by atoms with Crippen molar-refractivity contribution in [2.75, 3.05) is 66.1 Å². The van der Waals surface area contributed by atoms with E-state index in [0.717, 1.165) is 31.1 Å². The Morgan fingerprint density at radius 1 is 0.852 bits per heavy atom. The third kappa shape index (κ3) is 7.23. The van der Waals surface area contributed by atoms with E-state index < -0.39 is 0 Å². The van der Waals surface area contributed by atoms with Crippen LogP contribution in [0.2, 0.25) is 0 Å². The molecule has 0 amide bonds. The van der Waals surface area contributed by atoms with Crippen LogP contribution < -0.4 is 15.1 Å². The molecule has 27 heavy (non-hydrogen) atoms. The average Bonchev–Trinajstić information content (AvgIpc) is 2.68. The average molecular weight is 404 g/mol. The van der Waals surface area contributed by atoms with E-state index in [9.17, 15) is 0 Å². The molecule has 0 atom stereocenters. The van der Waals surface area contributed by atoms with Gasteiger partial charge < -0.3 is 15.1 Å². The first-order chi connectivity index (χ1) is 13.2. The number of benzene rings is 2. The van der Waals surface area contributed by atoms with Gasteiger partial charge in [0.1, 0.15) is 0 Å². The maximum Gasteiger partial charge on any atom is 0.0478 e. The minimum atomic E-state index is 0.938. The van der Waals surface area contributed by atoms with Crippen molar-refractivity contribution in [3.05, 3.63) is 48.5 Å². The summed E-state index contributed by atoms with van der Waals surface area (Å²) in [6.07, 6.45) is 0. The van der Waals surface area contributed by atoms with Gasteiger partial charge in [-0.1, -0.05) is 26.0 Å². The highest BCUT2D eigenvalue weighted by atomic mass is 32.2. The number of hydrogen-bond donors (Lipinski definition) is 1. The van der Waals surface area contributed by atoms with E-state index in [0.29, 0.717) is 0 Å². The summed E-state index contributed by atoms with van der Waals surface area (Å²) >= 11 is 3.90. The number of para-hydroxylation sites is 1. The first kappa shape index (κ1) is 21.8. The molecule has 0 saturated heterocycles. The largest absolute Gasteiger partial charge is 0.382 e. The molecule has 148 valence electrons. The number of rotatable bonds is 12. The summed E-state index contributed by atoms with van der Waals surface area (Å²) in [6, 6.07) is 17.5. The van der Waals surface area contributed by atoms with Crippen molar-refractivity contribution in [3.8, 4) is 0 Å². The van der Waals surface area contributed by atoms with E-state index in [4.69, 9.17) is 0 Å². The molecule has 3 nitrogen and oxygen atoms in total. The van der Waals surface area contributed by atoms with E-state index in [1.54, 1.807) is 0 Å². The molecule has 5 heteroatoms. The summed E-state index contributed by atoms with van der Waals surface area (Å²) in [5.41, 5.74) is 3.79. The zero-order valence-corrected chi connectivity index (χ0v) is 18.7. The topological polar surface area (TPSA) is 18.5 Å². The zero-order valence-electron chi connectivity index (χ0n) is 17.1. The lowest BCUT2D eigenvalue weighted by atomic mass is 10.2. The van der Waals surface area contributed by atoms with Crippen LogP contribution in [0.25, 0.3) is 0 Å². The van der Waals surface area contributed by atoms with Gasteiger partial charge in [-0.3, -0.25) is 0 Å². The maximum atomic E-state index is 3.64. The van der Waals surface area contributed by atoms with Crippen LogP contribution in [0.5, 0.6) is 0 Å². The number of thioether (sulfide) groups is 2. The normalized spacial score (nSPS) is 10.7. The molecule has 0 aliphatic rings. The number of anilines is 3. The zero-order chi connectivity index (χ0) is 19.5. The minimum Gasteiger partial charge on any atom is -0.382 e. The highest BCUT2D eigenvalue weighted by molar-refractivity contribution is 7.99. The third-order valence-corrected chi connectivity index (χ3v) is 6.16. The van der Waals surface area contributed by atoms with Crippen LogP contribution in [-0.4, -0.2) is 51.0 Å². The number of hydrogen-bond acceptors (Lipinski definition) is 5. The van der Waals surface area contributed by atoms with Crippen LogP contribution in [0, 0.1) is 0 Å². The third-order valence-electron chi connectivity index (χ3n) is 4.32. The van der Waals surface area contributed by atoms with E-state index in [2.05, 4.69) is 91.6 Å². The summed E-state index contributed by atoms with van der Waals surface area (Å²) in [5.74, 6) is 3.43. The predicted molar refractivity (Wildman–Crippen MR) is 127 cm³/mol. The molecule has 0 saturated carbocycles. The Labute approximate surface area is 173 Å². The molecular weight excluding hydrogens is 370 g/mol. The summed E-state index contributed by atoms with van der Waals surface area (Å²) in [6.45, 7) is 7.44. The van der Waals surface area contributed by atoms with Crippen molar-refractivity contribution < 1.29 is 0 Å². The molecule has 0 aliphatic carbocycles. The summed E-state index contributed by atoms with van der Waals surface area (Å²) in [5, 5.41) is 3.64. The SMILES string of the molecule is CCSCCN(CCNc1ccccc1SCC)c1ccc(N(C)C)cc1. The summed E-state index contributed by atoms with van der Waals surface area (Å²) in [7, 11) is 4.17. The molecule has 2 aromatic carbocycles. The minimum absolute atomic E-state index is 0.938. The molecule has 0 aromatic heterocycles. The van der Waals surface area contributed by atoms with Gasteiger partial charge in [-0.05, 0) is 47.9 Å². The fourth-order valence-corrected chi connectivity index (χ4v) is 4.29. The van der Waals surface area contributed by atoms with Gasteiger partial charge in [0.15, 0.2) is 0 Å². The lowest BCUT2D eigenvalue weighted by molar-refractivity contribution is 0.839. The van der Waals surface area contributed by atoms with Crippen LogP contribution >= 0.6 is 23.5 Å². The second-order valence-corrected chi connectivity index (χ2v) is 9.15. The monoisotopic (exact) mass is 403 g/mol. The molecule has 0 spiro atoms. The van der Waals surface area contributed by atoms with Gasteiger partial charge in [0, 0.05) is 61.4 Å². The molecule has 0 aliphatic heterocycles. The first-order valence-electron chi connectivity index (χ1n) is 9.71. The molecule has 0 fully saturated rings. The first-order valence-corrected chi connectivity index (χ1v) is 11.9. The predicted octanol–water partition coefficient (Wildman–Crippen LogP) is 5.54. The van der Waals surface area contributed by atoms with Crippen LogP contribution in [0.3, 0.4) is 0 Å². The second kappa shape index (κ2) is 12.1. The molecule has 2 rings (SSSR count). The quantitative estimate of drug-likeness (QED) is 0.369. The van der Waals surface area contributed by atoms with Gasteiger partial charge in [-0.15, -0.1) is 11.8 Å². The van der Waals surface area contributed by atoms with Crippen LogP contribution in [0.1, 0.15) is 13.8 Å². The second-order valence-electron chi connectivity index (χ2n) is 6.45. The number of nitrogens with one attached hydrogen (secondary N) is 1. The molecular formula is C22H33N3S2. The van der Waals surface area contributed by atoms with Crippen LogP contribution in [-0.2, 0) is 0 Å². The van der Waals surface area contributed by atoms with Gasteiger partial charge in [0.05, 0.1) is 0 Å². The van der Waals surface area contributed by atoms with Gasteiger partial charge in [0.2, 0.25) is 0 Å². The van der Waals surface area contributed by atoms with Crippen LogP contribution in [0.4, 0.5) is 17.1 Å². The Morgan fingerprint density at radius 3 is 2.22 bits per heavy atom. The molecule has 0 bridgehead atoms. The number of nitrogens with zero attached hydrogens (tertiary/aromatic N) is 2. The van der Waals surface area contributed by atoms with Crippen LogP contribution in [0.15, 0.2) is 53.4 Å². The molecule has 0 radical (unpaired) electrons. The molecule has 0 unspecified atom stereocenters. The van der Waals surface area contributed by atoms with Crippen molar-refractivity contribution in [2.24, 2.45) is 0 Å². The van der Waals surface area contributed by atoms with E-state index >= 15 is 0 Å². The lowest BCUT2D eigenvalue weighted by Crippen LogP contribution is -2.31. The Balaban J connectivity index is 2.00. The summed E-state index contributed by atoms with van der Waals surface area (Å²) < 4.78 is 0. The standard InChI is InChI=1S/C22H33N3S2/c1-5-26-18-17-25(20-13-11-19(12-14-20)24(3)4)16-15-23-21-9-7-8-10-22(21)27-6-2/h7-14,23H,5-6,15-18H2,1-4H3. The van der Waals surface area contributed by atoms with E-state index in [1.165, 1.54) is 27.7 Å². The van der Waals surface area contributed by atoms with Crippen molar-refractivity contribution in [1.29, 1.82) is 0 Å². The highest BCUT2D eigenvalue weighted by Crippen LogP contribution is 2.26. The Morgan fingerprint density at radius 2 is 1.56 bits per heavy atom. The fourth-order valence-electron chi connectivity index (χ4n) is 2.87. The van der Waals surface area contributed by atoms with E-state index in [1.807, 2.05) is 23.5 Å². The fraction of sp³-hybridized carbons (Fsp3) is 0.455. The van der Waals surface area contributed by atoms with Gasteiger partial charge in [0.25, 0.3) is 0 Å². The Kier molecular flexibility index (Phi) is 9.78. The lowest BCUT2D eigenvalue weighted by Gasteiger charge is -2.26. The molecule has 1 N–H and O–H groups in total. The van der Waals surface area contributed by atoms with E-state index in [-0.39, 0.29) is 0 Å². The maximum absolute atomic E-state index is 3.64.